The highest BCUT2D eigenvalue weighted by molar-refractivity contribution is 9.10. The Balaban J connectivity index is 2.97. The summed E-state index contributed by atoms with van der Waals surface area (Å²) in [4.78, 5) is 0. The van der Waals surface area contributed by atoms with Crippen molar-refractivity contribution in [1.29, 1.82) is 0 Å². The van der Waals surface area contributed by atoms with E-state index in [-0.39, 0.29) is 0 Å². The molecule has 0 amide bonds. The Labute approximate surface area is 85.0 Å². The van der Waals surface area contributed by atoms with Crippen LogP contribution in [0.3, 0.4) is 0 Å². The van der Waals surface area contributed by atoms with Crippen LogP contribution in [0.25, 0.3) is 0 Å². The van der Waals surface area contributed by atoms with E-state index in [9.17, 15) is 0 Å². The number of hydrogen-bond donors (Lipinski definition) is 1. The van der Waals surface area contributed by atoms with Gasteiger partial charge in [-0.05, 0) is 34.1 Å². The summed E-state index contributed by atoms with van der Waals surface area (Å²) in [5, 5.41) is 0. The highest BCUT2D eigenvalue weighted by atomic mass is 79.9. The van der Waals surface area contributed by atoms with Gasteiger partial charge < -0.3 is 5.73 Å². The molecule has 2 N–H and O–H groups in total. The van der Waals surface area contributed by atoms with Gasteiger partial charge in [-0.2, -0.15) is 0 Å². The van der Waals surface area contributed by atoms with Crippen molar-refractivity contribution in [2.45, 2.75) is 0 Å². The second-order valence-electron chi connectivity index (χ2n) is 2.17. The molecule has 0 spiro atoms. The molecule has 0 atom stereocenters. The van der Waals surface area contributed by atoms with Crippen molar-refractivity contribution >= 4 is 33.2 Å². The maximum Gasteiger partial charge on any atom is 0.0839 e. The first-order chi connectivity index (χ1) is 5.74. The molecule has 0 saturated heterocycles. The van der Waals surface area contributed by atoms with Crippen LogP contribution in [0.5, 0.6) is 0 Å². The highest BCUT2D eigenvalue weighted by Gasteiger charge is 1.94. The highest BCUT2D eigenvalue weighted by Crippen LogP contribution is 2.19. The smallest absolute Gasteiger partial charge is 0.0839 e. The molecule has 1 rings (SSSR count). The molecule has 0 aliphatic carbocycles. The number of anilines is 1. The first-order valence-electron chi connectivity index (χ1n) is 3.34. The molecule has 3 heteroatoms. The normalized spacial score (nSPS) is 8.83. The van der Waals surface area contributed by atoms with Crippen LogP contribution in [0.2, 0.25) is 0 Å². The number of halogens is 2. The zero-order chi connectivity index (χ0) is 8.97. The van der Waals surface area contributed by atoms with E-state index in [1.54, 1.807) is 0 Å². The van der Waals surface area contributed by atoms with Gasteiger partial charge in [0.1, 0.15) is 0 Å². The molecule has 0 saturated carbocycles. The molecule has 62 valence electrons. The standard InChI is InChI=1S/C9H7BrClN/c10-8-6-7(2-1-5-11)3-4-9(8)12/h3-4,6H,5,12H2. The fourth-order valence-electron chi connectivity index (χ4n) is 0.740. The van der Waals surface area contributed by atoms with Crippen LogP contribution in [-0.4, -0.2) is 5.88 Å². The van der Waals surface area contributed by atoms with Crippen LogP contribution in [0.15, 0.2) is 22.7 Å². The first-order valence-corrected chi connectivity index (χ1v) is 4.66. The molecule has 0 aliphatic rings. The lowest BCUT2D eigenvalue weighted by molar-refractivity contribution is 1.59. The molecule has 0 aromatic heterocycles. The zero-order valence-corrected chi connectivity index (χ0v) is 8.61. The summed E-state index contributed by atoms with van der Waals surface area (Å²) in [6.07, 6.45) is 0. The minimum Gasteiger partial charge on any atom is -0.398 e. The molecule has 0 heterocycles. The second kappa shape index (κ2) is 4.39. The van der Waals surface area contributed by atoms with E-state index < -0.39 is 0 Å². The van der Waals surface area contributed by atoms with E-state index in [0.717, 1.165) is 10.0 Å². The van der Waals surface area contributed by atoms with Gasteiger partial charge in [-0.3, -0.25) is 0 Å². The molecule has 0 radical (unpaired) electrons. The number of benzene rings is 1. The average Bonchev–Trinajstić information content (AvgIpc) is 2.07. The Bertz CT molecular complexity index is 338. The van der Waals surface area contributed by atoms with Gasteiger partial charge in [-0.15, -0.1) is 11.6 Å². The summed E-state index contributed by atoms with van der Waals surface area (Å²) in [6, 6.07) is 5.54. The number of hydrogen-bond acceptors (Lipinski definition) is 1. The molecular formula is C9H7BrClN. The maximum atomic E-state index is 5.60. The van der Waals surface area contributed by atoms with E-state index in [4.69, 9.17) is 17.3 Å². The average molecular weight is 245 g/mol. The fourth-order valence-corrected chi connectivity index (χ4v) is 1.19. The van der Waals surface area contributed by atoms with E-state index in [2.05, 4.69) is 27.8 Å². The van der Waals surface area contributed by atoms with E-state index in [0.29, 0.717) is 11.6 Å². The first kappa shape index (κ1) is 9.44. The van der Waals surface area contributed by atoms with E-state index in [1.165, 1.54) is 0 Å². The summed E-state index contributed by atoms with van der Waals surface area (Å²) in [5.41, 5.74) is 7.22. The summed E-state index contributed by atoms with van der Waals surface area (Å²) in [6.45, 7) is 0. The molecule has 12 heavy (non-hydrogen) atoms. The lowest BCUT2D eigenvalue weighted by atomic mass is 10.2. The van der Waals surface area contributed by atoms with Gasteiger partial charge in [-0.1, -0.05) is 11.8 Å². The Morgan fingerprint density at radius 3 is 2.83 bits per heavy atom. The van der Waals surface area contributed by atoms with Gasteiger partial charge in [0.25, 0.3) is 0 Å². The fraction of sp³-hybridized carbons (Fsp3) is 0.111. The van der Waals surface area contributed by atoms with Crippen LogP contribution in [0, 0.1) is 11.8 Å². The molecule has 0 unspecified atom stereocenters. The van der Waals surface area contributed by atoms with Crippen molar-refractivity contribution in [3.8, 4) is 11.8 Å². The number of rotatable bonds is 0. The SMILES string of the molecule is Nc1ccc(C#CCCl)cc1Br. The lowest BCUT2D eigenvalue weighted by Crippen LogP contribution is -1.86. The van der Waals surface area contributed by atoms with Crippen LogP contribution in [0.4, 0.5) is 5.69 Å². The van der Waals surface area contributed by atoms with Crippen molar-refractivity contribution in [3.05, 3.63) is 28.2 Å². The molecule has 1 aromatic carbocycles. The predicted molar refractivity (Wildman–Crippen MR) is 56.2 cm³/mol. The maximum absolute atomic E-state index is 5.60. The molecule has 1 nitrogen and oxygen atoms in total. The van der Waals surface area contributed by atoms with Crippen LogP contribution >= 0.6 is 27.5 Å². The summed E-state index contributed by atoms with van der Waals surface area (Å²) >= 11 is 8.72. The third-order valence-electron chi connectivity index (χ3n) is 1.30. The number of alkyl halides is 1. The Kier molecular flexibility index (Phi) is 3.46. The molecular weight excluding hydrogens is 237 g/mol. The third kappa shape index (κ3) is 2.44. The van der Waals surface area contributed by atoms with E-state index in [1.807, 2.05) is 18.2 Å². The van der Waals surface area contributed by atoms with Crippen molar-refractivity contribution in [2.24, 2.45) is 0 Å². The van der Waals surface area contributed by atoms with Crippen molar-refractivity contribution < 1.29 is 0 Å². The van der Waals surface area contributed by atoms with Crippen LogP contribution < -0.4 is 5.73 Å². The third-order valence-corrected chi connectivity index (χ3v) is 2.12. The largest absolute Gasteiger partial charge is 0.398 e. The predicted octanol–water partition coefficient (Wildman–Crippen LogP) is 2.62. The van der Waals surface area contributed by atoms with Crippen LogP contribution in [-0.2, 0) is 0 Å². The molecule has 0 bridgehead atoms. The number of nitrogens with two attached hydrogens (primary N) is 1. The Morgan fingerprint density at radius 2 is 2.25 bits per heavy atom. The molecule has 0 aliphatic heterocycles. The summed E-state index contributed by atoms with van der Waals surface area (Å²) in [5.74, 6) is 6.01. The minimum atomic E-state index is 0.349. The van der Waals surface area contributed by atoms with Crippen molar-refractivity contribution in [2.75, 3.05) is 11.6 Å². The molecule has 1 aromatic rings. The van der Waals surface area contributed by atoms with Crippen LogP contribution in [0.1, 0.15) is 5.56 Å². The van der Waals surface area contributed by atoms with Gasteiger partial charge >= 0.3 is 0 Å². The zero-order valence-electron chi connectivity index (χ0n) is 6.27. The van der Waals surface area contributed by atoms with Gasteiger partial charge in [-0.25, -0.2) is 0 Å². The topological polar surface area (TPSA) is 26.0 Å². The minimum absolute atomic E-state index is 0.349. The van der Waals surface area contributed by atoms with Gasteiger partial charge in [0.05, 0.1) is 5.88 Å². The number of nitrogen functional groups attached to an aromatic ring is 1. The van der Waals surface area contributed by atoms with Gasteiger partial charge in [0.15, 0.2) is 0 Å². The lowest BCUT2D eigenvalue weighted by Gasteiger charge is -1.96. The monoisotopic (exact) mass is 243 g/mol. The van der Waals surface area contributed by atoms with Crippen molar-refractivity contribution in [1.82, 2.24) is 0 Å². The summed E-state index contributed by atoms with van der Waals surface area (Å²) < 4.78 is 0.865. The van der Waals surface area contributed by atoms with Crippen molar-refractivity contribution in [3.63, 3.8) is 0 Å². The Hall–Kier alpha value is -0.650. The quantitative estimate of drug-likeness (QED) is 0.424. The summed E-state index contributed by atoms with van der Waals surface area (Å²) in [7, 11) is 0. The molecule has 0 fully saturated rings. The second-order valence-corrected chi connectivity index (χ2v) is 3.29. The van der Waals surface area contributed by atoms with Gasteiger partial charge in [0.2, 0.25) is 0 Å². The van der Waals surface area contributed by atoms with E-state index >= 15 is 0 Å². The van der Waals surface area contributed by atoms with Gasteiger partial charge in [0, 0.05) is 15.7 Å². The Morgan fingerprint density at radius 1 is 1.50 bits per heavy atom.